The molecule has 0 aliphatic carbocycles. The second-order valence-electron chi connectivity index (χ2n) is 4.41. The molecule has 0 saturated heterocycles. The monoisotopic (exact) mass is 284 g/mol. The molecular weight excluding hydrogens is 268 g/mol. The minimum absolute atomic E-state index is 0.144. The fourth-order valence-corrected chi connectivity index (χ4v) is 2.00. The molecule has 2 nitrogen and oxygen atoms in total. The second-order valence-corrected chi connectivity index (χ2v) is 5.33. The Labute approximate surface area is 105 Å². The molecule has 0 heterocycles. The molecule has 0 fully saturated rings. The van der Waals surface area contributed by atoms with E-state index in [1.54, 1.807) is 0 Å². The van der Waals surface area contributed by atoms with Gasteiger partial charge in [0.2, 0.25) is 0 Å². The van der Waals surface area contributed by atoms with Gasteiger partial charge in [-0.2, -0.15) is 0 Å². The van der Waals surface area contributed by atoms with E-state index in [4.69, 9.17) is 4.74 Å². The summed E-state index contributed by atoms with van der Waals surface area (Å²) >= 11 is 3.42. The first-order valence-electron chi connectivity index (χ1n) is 5.37. The molecule has 1 aromatic carbocycles. The highest BCUT2D eigenvalue weighted by Crippen LogP contribution is 2.25. The molecule has 88 valence electrons. The molecule has 0 amide bonds. The van der Waals surface area contributed by atoms with Gasteiger partial charge in [0, 0.05) is 4.47 Å². The van der Waals surface area contributed by atoms with Crippen LogP contribution < -0.4 is 0 Å². The molecule has 0 atom stereocenters. The van der Waals surface area contributed by atoms with Gasteiger partial charge in [-0.1, -0.05) is 28.1 Å². The van der Waals surface area contributed by atoms with E-state index in [1.807, 2.05) is 45.0 Å². The zero-order valence-electron chi connectivity index (χ0n) is 9.92. The molecular formula is C13H17BrO2. The second kappa shape index (κ2) is 5.48. The van der Waals surface area contributed by atoms with Crippen LogP contribution >= 0.6 is 15.9 Å². The van der Waals surface area contributed by atoms with Crippen molar-refractivity contribution >= 4 is 21.9 Å². The standard InChI is InChI=1S/C13H17BrO2/c1-4-16-12(15)13(2,3)9-10-6-5-7-11(14)8-10/h5-8H,4,9H2,1-3H3. The Morgan fingerprint density at radius 2 is 2.12 bits per heavy atom. The first-order valence-corrected chi connectivity index (χ1v) is 6.16. The number of rotatable bonds is 4. The van der Waals surface area contributed by atoms with Crippen LogP contribution in [0.25, 0.3) is 0 Å². The average Bonchev–Trinajstić information content (AvgIpc) is 2.17. The lowest BCUT2D eigenvalue weighted by molar-refractivity contribution is -0.153. The van der Waals surface area contributed by atoms with Crippen molar-refractivity contribution in [3.8, 4) is 0 Å². The van der Waals surface area contributed by atoms with Gasteiger partial charge < -0.3 is 4.74 Å². The third-order valence-corrected chi connectivity index (χ3v) is 2.86. The van der Waals surface area contributed by atoms with Crippen LogP contribution in [0.15, 0.2) is 28.7 Å². The molecule has 0 N–H and O–H groups in total. The smallest absolute Gasteiger partial charge is 0.311 e. The lowest BCUT2D eigenvalue weighted by Crippen LogP contribution is -2.28. The highest BCUT2D eigenvalue weighted by atomic mass is 79.9. The zero-order chi connectivity index (χ0) is 12.2. The van der Waals surface area contributed by atoms with E-state index < -0.39 is 5.41 Å². The van der Waals surface area contributed by atoms with Crippen molar-refractivity contribution in [3.05, 3.63) is 34.3 Å². The summed E-state index contributed by atoms with van der Waals surface area (Å²) in [6.07, 6.45) is 0.686. The molecule has 0 radical (unpaired) electrons. The van der Waals surface area contributed by atoms with Crippen molar-refractivity contribution in [3.63, 3.8) is 0 Å². The SMILES string of the molecule is CCOC(=O)C(C)(C)Cc1cccc(Br)c1. The van der Waals surface area contributed by atoms with Crippen molar-refractivity contribution in [2.24, 2.45) is 5.41 Å². The van der Waals surface area contributed by atoms with Crippen LogP contribution in [0.4, 0.5) is 0 Å². The van der Waals surface area contributed by atoms with Crippen molar-refractivity contribution in [2.75, 3.05) is 6.61 Å². The van der Waals surface area contributed by atoms with Gasteiger partial charge in [0.25, 0.3) is 0 Å². The Morgan fingerprint density at radius 3 is 2.69 bits per heavy atom. The van der Waals surface area contributed by atoms with Gasteiger partial charge in [-0.15, -0.1) is 0 Å². The minimum atomic E-state index is -0.475. The van der Waals surface area contributed by atoms with Gasteiger partial charge in [0.15, 0.2) is 0 Å². The predicted octanol–water partition coefficient (Wildman–Crippen LogP) is 3.58. The molecule has 1 aromatic rings. The Morgan fingerprint density at radius 1 is 1.44 bits per heavy atom. The lowest BCUT2D eigenvalue weighted by Gasteiger charge is -2.22. The Balaban J connectivity index is 2.75. The third kappa shape index (κ3) is 3.63. The van der Waals surface area contributed by atoms with Crippen molar-refractivity contribution < 1.29 is 9.53 Å². The van der Waals surface area contributed by atoms with Gasteiger partial charge >= 0.3 is 5.97 Å². The van der Waals surface area contributed by atoms with Crippen LogP contribution in [0, 0.1) is 5.41 Å². The quantitative estimate of drug-likeness (QED) is 0.790. The molecule has 0 aromatic heterocycles. The van der Waals surface area contributed by atoms with Crippen molar-refractivity contribution in [2.45, 2.75) is 27.2 Å². The first kappa shape index (κ1) is 13.2. The third-order valence-electron chi connectivity index (χ3n) is 2.36. The number of halogens is 1. The van der Waals surface area contributed by atoms with Crippen molar-refractivity contribution in [1.29, 1.82) is 0 Å². The van der Waals surface area contributed by atoms with Crippen LogP contribution in [-0.4, -0.2) is 12.6 Å². The van der Waals surface area contributed by atoms with Crippen LogP contribution in [0.2, 0.25) is 0 Å². The van der Waals surface area contributed by atoms with E-state index in [1.165, 1.54) is 0 Å². The molecule has 1 rings (SSSR count). The van der Waals surface area contributed by atoms with Gasteiger partial charge in [-0.05, 0) is 44.9 Å². The van der Waals surface area contributed by atoms with E-state index in [9.17, 15) is 4.79 Å². The Hall–Kier alpha value is -0.830. The van der Waals surface area contributed by atoms with Crippen LogP contribution in [0.5, 0.6) is 0 Å². The summed E-state index contributed by atoms with van der Waals surface area (Å²) < 4.78 is 6.09. The summed E-state index contributed by atoms with van der Waals surface area (Å²) in [5, 5.41) is 0. The minimum Gasteiger partial charge on any atom is -0.466 e. The fourth-order valence-electron chi connectivity index (χ4n) is 1.56. The van der Waals surface area contributed by atoms with E-state index >= 15 is 0 Å². The number of esters is 1. The van der Waals surface area contributed by atoms with E-state index in [0.717, 1.165) is 10.0 Å². The summed E-state index contributed by atoms with van der Waals surface area (Å²) in [5.41, 5.74) is 0.656. The maximum atomic E-state index is 11.7. The topological polar surface area (TPSA) is 26.3 Å². The van der Waals surface area contributed by atoms with Gasteiger partial charge in [0.05, 0.1) is 12.0 Å². The molecule has 0 aliphatic heterocycles. The molecule has 16 heavy (non-hydrogen) atoms. The van der Waals surface area contributed by atoms with E-state index in [2.05, 4.69) is 15.9 Å². The Kier molecular flexibility index (Phi) is 4.54. The zero-order valence-corrected chi connectivity index (χ0v) is 11.5. The summed E-state index contributed by atoms with van der Waals surface area (Å²) in [6.45, 7) is 6.08. The van der Waals surface area contributed by atoms with Crippen LogP contribution in [0.3, 0.4) is 0 Å². The molecule has 0 spiro atoms. The van der Waals surface area contributed by atoms with Gasteiger partial charge in [0.1, 0.15) is 0 Å². The molecule has 0 aliphatic rings. The number of ether oxygens (including phenoxy) is 1. The van der Waals surface area contributed by atoms with Gasteiger partial charge in [-0.25, -0.2) is 0 Å². The summed E-state index contributed by atoms with van der Waals surface area (Å²) in [4.78, 5) is 11.7. The van der Waals surface area contributed by atoms with E-state index in [-0.39, 0.29) is 5.97 Å². The first-order chi connectivity index (χ1) is 7.45. The number of hydrogen-bond acceptors (Lipinski definition) is 2. The maximum Gasteiger partial charge on any atom is 0.311 e. The number of carbonyl (C=O) groups excluding carboxylic acids is 1. The predicted molar refractivity (Wildman–Crippen MR) is 68.3 cm³/mol. The van der Waals surface area contributed by atoms with E-state index in [0.29, 0.717) is 13.0 Å². The van der Waals surface area contributed by atoms with Crippen molar-refractivity contribution in [1.82, 2.24) is 0 Å². The summed E-state index contributed by atoms with van der Waals surface area (Å²) in [7, 11) is 0. The summed E-state index contributed by atoms with van der Waals surface area (Å²) in [6, 6.07) is 7.99. The lowest BCUT2D eigenvalue weighted by atomic mass is 9.86. The molecule has 0 bridgehead atoms. The highest BCUT2D eigenvalue weighted by Gasteiger charge is 2.29. The average molecular weight is 285 g/mol. The fraction of sp³-hybridized carbons (Fsp3) is 0.462. The van der Waals surface area contributed by atoms with Gasteiger partial charge in [-0.3, -0.25) is 4.79 Å². The van der Waals surface area contributed by atoms with Crippen LogP contribution in [-0.2, 0) is 16.0 Å². The number of benzene rings is 1. The highest BCUT2D eigenvalue weighted by molar-refractivity contribution is 9.10. The summed E-state index contributed by atoms with van der Waals surface area (Å²) in [5.74, 6) is -0.144. The molecule has 3 heteroatoms. The number of hydrogen-bond donors (Lipinski definition) is 0. The molecule has 0 saturated carbocycles. The number of carbonyl (C=O) groups is 1. The normalized spacial score (nSPS) is 11.2. The largest absolute Gasteiger partial charge is 0.466 e. The van der Waals surface area contributed by atoms with Crippen LogP contribution in [0.1, 0.15) is 26.3 Å². The maximum absolute atomic E-state index is 11.7. The Bertz CT molecular complexity index is 372. The molecule has 0 unspecified atom stereocenters.